The molecule has 3 nitrogen and oxygen atoms in total. The fourth-order valence-electron chi connectivity index (χ4n) is 1.37. The number of aryl methyl sites for hydroxylation is 1. The van der Waals surface area contributed by atoms with E-state index < -0.39 is 0 Å². The van der Waals surface area contributed by atoms with Crippen LogP contribution in [0.3, 0.4) is 0 Å². The Morgan fingerprint density at radius 2 is 2.23 bits per heavy atom. The van der Waals surface area contributed by atoms with Crippen LogP contribution in [-0.2, 0) is 7.05 Å². The molecular formula is C9H15N3S. The standard InChI is InChI=1S/C9H15N3S/c1-7-10-11-9(12(7)2)13-6-8-4-3-5-8/h8H,3-6H2,1-2H3. The van der Waals surface area contributed by atoms with Gasteiger partial charge in [0.1, 0.15) is 5.82 Å². The predicted octanol–water partition coefficient (Wildman–Crippen LogP) is 2.02. The van der Waals surface area contributed by atoms with E-state index in [2.05, 4.69) is 14.8 Å². The van der Waals surface area contributed by atoms with Gasteiger partial charge in [0.2, 0.25) is 0 Å². The molecule has 1 heterocycles. The summed E-state index contributed by atoms with van der Waals surface area (Å²) in [5.74, 6) is 3.14. The Morgan fingerprint density at radius 1 is 1.46 bits per heavy atom. The summed E-state index contributed by atoms with van der Waals surface area (Å²) in [7, 11) is 2.03. The lowest BCUT2D eigenvalue weighted by Gasteiger charge is -2.24. The van der Waals surface area contributed by atoms with Crippen molar-refractivity contribution < 1.29 is 0 Å². The third kappa shape index (κ3) is 1.88. The minimum Gasteiger partial charge on any atom is -0.309 e. The van der Waals surface area contributed by atoms with Crippen molar-refractivity contribution in [2.24, 2.45) is 13.0 Å². The van der Waals surface area contributed by atoms with Crippen LogP contribution in [0, 0.1) is 12.8 Å². The van der Waals surface area contributed by atoms with Gasteiger partial charge < -0.3 is 4.57 Å². The highest BCUT2D eigenvalue weighted by atomic mass is 32.2. The summed E-state index contributed by atoms with van der Waals surface area (Å²) >= 11 is 1.84. The molecule has 0 bridgehead atoms. The van der Waals surface area contributed by atoms with E-state index in [0.29, 0.717) is 0 Å². The maximum absolute atomic E-state index is 4.12. The van der Waals surface area contributed by atoms with Crippen molar-refractivity contribution in [2.75, 3.05) is 5.75 Å². The second-order valence-corrected chi connectivity index (χ2v) is 4.68. The Kier molecular flexibility index (Phi) is 2.58. The molecule has 0 atom stereocenters. The molecule has 0 spiro atoms. The highest BCUT2D eigenvalue weighted by molar-refractivity contribution is 7.99. The van der Waals surface area contributed by atoms with Crippen molar-refractivity contribution in [3.63, 3.8) is 0 Å². The van der Waals surface area contributed by atoms with Gasteiger partial charge in [-0.25, -0.2) is 0 Å². The quantitative estimate of drug-likeness (QED) is 0.694. The Balaban J connectivity index is 1.89. The van der Waals surface area contributed by atoms with Crippen LogP contribution in [0.25, 0.3) is 0 Å². The van der Waals surface area contributed by atoms with Crippen LogP contribution < -0.4 is 0 Å². The molecule has 0 unspecified atom stereocenters. The van der Waals surface area contributed by atoms with Gasteiger partial charge in [0.15, 0.2) is 5.16 Å². The molecule has 1 aromatic rings. The summed E-state index contributed by atoms with van der Waals surface area (Å²) < 4.78 is 2.06. The van der Waals surface area contributed by atoms with Crippen molar-refractivity contribution in [3.05, 3.63) is 5.82 Å². The molecular weight excluding hydrogens is 182 g/mol. The summed E-state index contributed by atoms with van der Waals surface area (Å²) in [6.07, 6.45) is 4.23. The molecule has 1 saturated carbocycles. The fraction of sp³-hybridized carbons (Fsp3) is 0.778. The van der Waals surface area contributed by atoms with Gasteiger partial charge in [-0.1, -0.05) is 18.2 Å². The number of hydrogen-bond acceptors (Lipinski definition) is 3. The van der Waals surface area contributed by atoms with Gasteiger partial charge in [0.25, 0.3) is 0 Å². The minimum atomic E-state index is 0.932. The SMILES string of the molecule is Cc1nnc(SCC2CCC2)n1C. The van der Waals surface area contributed by atoms with Crippen LogP contribution >= 0.6 is 11.8 Å². The van der Waals surface area contributed by atoms with E-state index >= 15 is 0 Å². The van der Waals surface area contributed by atoms with Gasteiger partial charge in [-0.05, 0) is 25.7 Å². The van der Waals surface area contributed by atoms with Crippen LogP contribution in [0.4, 0.5) is 0 Å². The average molecular weight is 197 g/mol. The molecule has 2 rings (SSSR count). The van der Waals surface area contributed by atoms with E-state index in [9.17, 15) is 0 Å². The Hall–Kier alpha value is -0.510. The van der Waals surface area contributed by atoms with E-state index in [4.69, 9.17) is 0 Å². The maximum atomic E-state index is 4.12. The predicted molar refractivity (Wildman–Crippen MR) is 53.8 cm³/mol. The molecule has 0 radical (unpaired) electrons. The third-order valence-corrected chi connectivity index (χ3v) is 3.98. The smallest absolute Gasteiger partial charge is 0.190 e. The molecule has 4 heteroatoms. The molecule has 0 N–H and O–H groups in total. The lowest BCUT2D eigenvalue weighted by Crippen LogP contribution is -2.13. The van der Waals surface area contributed by atoms with Crippen LogP contribution in [0.5, 0.6) is 0 Å². The van der Waals surface area contributed by atoms with Crippen molar-refractivity contribution in [2.45, 2.75) is 31.3 Å². The molecule has 1 aromatic heterocycles. The summed E-state index contributed by atoms with van der Waals surface area (Å²) in [6, 6.07) is 0. The Bertz CT molecular complexity index is 291. The number of rotatable bonds is 3. The van der Waals surface area contributed by atoms with E-state index in [1.54, 1.807) is 0 Å². The largest absolute Gasteiger partial charge is 0.309 e. The van der Waals surface area contributed by atoms with E-state index in [0.717, 1.165) is 16.9 Å². The van der Waals surface area contributed by atoms with Gasteiger partial charge in [-0.3, -0.25) is 0 Å². The summed E-state index contributed by atoms with van der Waals surface area (Å²) in [4.78, 5) is 0. The van der Waals surface area contributed by atoms with Crippen LogP contribution in [0.15, 0.2) is 5.16 Å². The number of hydrogen-bond donors (Lipinski definition) is 0. The summed E-state index contributed by atoms with van der Waals surface area (Å²) in [5, 5.41) is 9.21. The number of thioether (sulfide) groups is 1. The zero-order valence-corrected chi connectivity index (χ0v) is 8.97. The fourth-order valence-corrected chi connectivity index (χ4v) is 2.51. The maximum Gasteiger partial charge on any atom is 0.190 e. The molecule has 0 aliphatic heterocycles. The summed E-state index contributed by atoms with van der Waals surface area (Å²) in [6.45, 7) is 1.99. The topological polar surface area (TPSA) is 30.7 Å². The van der Waals surface area contributed by atoms with Crippen molar-refractivity contribution in [1.82, 2.24) is 14.8 Å². The van der Waals surface area contributed by atoms with Crippen LogP contribution in [0.2, 0.25) is 0 Å². The van der Waals surface area contributed by atoms with E-state index in [-0.39, 0.29) is 0 Å². The molecule has 1 aliphatic rings. The summed E-state index contributed by atoms with van der Waals surface area (Å²) in [5.41, 5.74) is 0. The lowest BCUT2D eigenvalue weighted by molar-refractivity contribution is 0.353. The Labute approximate surface area is 82.9 Å². The van der Waals surface area contributed by atoms with Crippen LogP contribution in [-0.4, -0.2) is 20.5 Å². The minimum absolute atomic E-state index is 0.932. The molecule has 0 aromatic carbocycles. The monoisotopic (exact) mass is 197 g/mol. The first kappa shape index (κ1) is 9.06. The molecule has 1 fully saturated rings. The first-order valence-corrected chi connectivity index (χ1v) is 5.74. The molecule has 72 valence electrons. The van der Waals surface area contributed by atoms with Gasteiger partial charge >= 0.3 is 0 Å². The first-order chi connectivity index (χ1) is 6.27. The second-order valence-electron chi connectivity index (χ2n) is 3.70. The number of aromatic nitrogens is 3. The first-order valence-electron chi connectivity index (χ1n) is 4.76. The molecule has 0 amide bonds. The molecule has 0 saturated heterocycles. The second kappa shape index (κ2) is 3.70. The average Bonchev–Trinajstić information content (AvgIpc) is 2.33. The van der Waals surface area contributed by atoms with Gasteiger partial charge in [0.05, 0.1) is 0 Å². The highest BCUT2D eigenvalue weighted by Crippen LogP contribution is 2.31. The third-order valence-electron chi connectivity index (χ3n) is 2.73. The molecule has 1 aliphatic carbocycles. The van der Waals surface area contributed by atoms with Crippen molar-refractivity contribution >= 4 is 11.8 Å². The number of nitrogens with zero attached hydrogens (tertiary/aromatic N) is 3. The van der Waals surface area contributed by atoms with Gasteiger partial charge in [0, 0.05) is 12.8 Å². The van der Waals surface area contributed by atoms with Gasteiger partial charge in [-0.15, -0.1) is 10.2 Å². The van der Waals surface area contributed by atoms with Crippen molar-refractivity contribution in [1.29, 1.82) is 0 Å². The highest BCUT2D eigenvalue weighted by Gasteiger charge is 2.18. The van der Waals surface area contributed by atoms with E-state index in [1.165, 1.54) is 25.0 Å². The zero-order chi connectivity index (χ0) is 9.26. The van der Waals surface area contributed by atoms with E-state index in [1.807, 2.05) is 25.7 Å². The van der Waals surface area contributed by atoms with Crippen molar-refractivity contribution in [3.8, 4) is 0 Å². The van der Waals surface area contributed by atoms with Gasteiger partial charge in [-0.2, -0.15) is 0 Å². The lowest BCUT2D eigenvalue weighted by atomic mass is 9.87. The zero-order valence-electron chi connectivity index (χ0n) is 8.16. The normalized spacial score (nSPS) is 17.4. The van der Waals surface area contributed by atoms with Crippen LogP contribution in [0.1, 0.15) is 25.1 Å². The molecule has 13 heavy (non-hydrogen) atoms. The Morgan fingerprint density at radius 3 is 2.69 bits per heavy atom.